The number of hydrogen-bond acceptors (Lipinski definition) is 5. The third-order valence-electron chi connectivity index (χ3n) is 5.87. The van der Waals surface area contributed by atoms with Gasteiger partial charge in [0.05, 0.1) is 12.7 Å². The van der Waals surface area contributed by atoms with Crippen molar-refractivity contribution in [1.82, 2.24) is 9.88 Å². The molecule has 4 rings (SSSR count). The molecule has 0 aliphatic carbocycles. The highest BCUT2D eigenvalue weighted by molar-refractivity contribution is 5.10. The number of hydrogen-bond donors (Lipinski definition) is 0. The van der Waals surface area contributed by atoms with Gasteiger partial charge in [0.15, 0.2) is 0 Å². The van der Waals surface area contributed by atoms with E-state index in [1.807, 2.05) is 18.2 Å². The molecule has 0 radical (unpaired) electrons. The average molecular weight is 332 g/mol. The molecular weight excluding hydrogens is 304 g/mol. The average Bonchev–Trinajstić information content (AvgIpc) is 2.67. The van der Waals surface area contributed by atoms with E-state index in [-0.39, 0.29) is 5.41 Å². The van der Waals surface area contributed by atoms with Crippen LogP contribution in [0.25, 0.3) is 0 Å². The van der Waals surface area contributed by atoms with Gasteiger partial charge >= 0.3 is 0 Å². The fourth-order valence-corrected chi connectivity index (χ4v) is 4.55. The van der Waals surface area contributed by atoms with Gasteiger partial charge < -0.3 is 14.2 Å². The van der Waals surface area contributed by atoms with Gasteiger partial charge in [0.1, 0.15) is 0 Å². The SMILES string of the molecule is c1ccc(OC[C@]23CCCO[C@H]2CCN(C2CCOCC2)C3)nc1. The van der Waals surface area contributed by atoms with E-state index in [4.69, 9.17) is 14.2 Å². The van der Waals surface area contributed by atoms with Crippen molar-refractivity contribution in [1.29, 1.82) is 0 Å². The van der Waals surface area contributed by atoms with Gasteiger partial charge in [-0.2, -0.15) is 0 Å². The van der Waals surface area contributed by atoms with Crippen LogP contribution in [-0.2, 0) is 9.47 Å². The molecule has 0 saturated carbocycles. The molecule has 5 nitrogen and oxygen atoms in total. The van der Waals surface area contributed by atoms with Crippen LogP contribution in [0.5, 0.6) is 5.88 Å². The molecule has 3 aliphatic rings. The lowest BCUT2D eigenvalue weighted by Crippen LogP contribution is -2.59. The molecule has 0 amide bonds. The molecule has 0 N–H and O–H groups in total. The molecule has 3 saturated heterocycles. The molecule has 0 bridgehead atoms. The first-order valence-electron chi connectivity index (χ1n) is 9.33. The van der Waals surface area contributed by atoms with E-state index in [2.05, 4.69) is 9.88 Å². The highest BCUT2D eigenvalue weighted by atomic mass is 16.5. The van der Waals surface area contributed by atoms with Crippen molar-refractivity contribution in [3.63, 3.8) is 0 Å². The van der Waals surface area contributed by atoms with Crippen molar-refractivity contribution in [2.75, 3.05) is 39.5 Å². The first kappa shape index (κ1) is 16.3. The van der Waals surface area contributed by atoms with Gasteiger partial charge in [-0.15, -0.1) is 0 Å². The van der Waals surface area contributed by atoms with Crippen molar-refractivity contribution in [3.05, 3.63) is 24.4 Å². The number of aromatic nitrogens is 1. The molecule has 4 heterocycles. The summed E-state index contributed by atoms with van der Waals surface area (Å²) < 4.78 is 17.8. The minimum Gasteiger partial charge on any atom is -0.477 e. The molecule has 1 aromatic heterocycles. The third-order valence-corrected chi connectivity index (χ3v) is 5.87. The molecule has 132 valence electrons. The highest BCUT2D eigenvalue weighted by Gasteiger charge is 2.47. The highest BCUT2D eigenvalue weighted by Crippen LogP contribution is 2.41. The first-order valence-corrected chi connectivity index (χ1v) is 9.33. The van der Waals surface area contributed by atoms with Crippen LogP contribution in [-0.4, -0.2) is 61.5 Å². The molecule has 1 aromatic rings. The molecule has 0 spiro atoms. The largest absolute Gasteiger partial charge is 0.477 e. The maximum atomic E-state index is 6.16. The summed E-state index contributed by atoms with van der Waals surface area (Å²) >= 11 is 0. The Morgan fingerprint density at radius 3 is 2.96 bits per heavy atom. The summed E-state index contributed by atoms with van der Waals surface area (Å²) in [6.07, 6.45) is 7.85. The van der Waals surface area contributed by atoms with Crippen LogP contribution in [0.1, 0.15) is 32.1 Å². The number of pyridine rings is 1. The van der Waals surface area contributed by atoms with E-state index in [1.54, 1.807) is 6.20 Å². The topological polar surface area (TPSA) is 43.8 Å². The van der Waals surface area contributed by atoms with E-state index in [9.17, 15) is 0 Å². The lowest BCUT2D eigenvalue weighted by Gasteiger charge is -2.52. The third kappa shape index (κ3) is 3.44. The lowest BCUT2D eigenvalue weighted by atomic mass is 9.72. The minimum atomic E-state index is 0.103. The summed E-state index contributed by atoms with van der Waals surface area (Å²) in [5.74, 6) is 0.722. The van der Waals surface area contributed by atoms with Crippen LogP contribution < -0.4 is 4.74 Å². The second kappa shape index (κ2) is 7.38. The molecule has 24 heavy (non-hydrogen) atoms. The smallest absolute Gasteiger partial charge is 0.213 e. The Balaban J connectivity index is 1.47. The zero-order chi connectivity index (χ0) is 16.2. The minimum absolute atomic E-state index is 0.103. The molecule has 0 unspecified atom stereocenters. The van der Waals surface area contributed by atoms with E-state index in [1.165, 1.54) is 6.42 Å². The van der Waals surface area contributed by atoms with E-state index >= 15 is 0 Å². The van der Waals surface area contributed by atoms with Gasteiger partial charge in [-0.05, 0) is 38.2 Å². The van der Waals surface area contributed by atoms with Crippen LogP contribution in [0.15, 0.2) is 24.4 Å². The first-order chi connectivity index (χ1) is 11.9. The molecule has 0 aromatic carbocycles. The molecule has 3 aliphatic heterocycles. The summed E-state index contributed by atoms with van der Waals surface area (Å²) in [5, 5.41) is 0. The summed E-state index contributed by atoms with van der Waals surface area (Å²) in [6, 6.07) is 6.50. The second-order valence-electron chi connectivity index (χ2n) is 7.38. The van der Waals surface area contributed by atoms with Gasteiger partial charge in [0, 0.05) is 56.6 Å². The number of rotatable bonds is 4. The summed E-state index contributed by atoms with van der Waals surface area (Å²) in [7, 11) is 0. The van der Waals surface area contributed by atoms with Crippen LogP contribution >= 0.6 is 0 Å². The van der Waals surface area contributed by atoms with Crippen molar-refractivity contribution in [3.8, 4) is 5.88 Å². The Labute approximate surface area is 144 Å². The van der Waals surface area contributed by atoms with E-state index in [0.29, 0.717) is 18.8 Å². The van der Waals surface area contributed by atoms with E-state index in [0.717, 1.165) is 64.5 Å². The zero-order valence-corrected chi connectivity index (χ0v) is 14.4. The van der Waals surface area contributed by atoms with Crippen molar-refractivity contribution < 1.29 is 14.2 Å². The fourth-order valence-electron chi connectivity index (χ4n) is 4.55. The van der Waals surface area contributed by atoms with Crippen LogP contribution in [0.3, 0.4) is 0 Å². The van der Waals surface area contributed by atoms with Crippen molar-refractivity contribution in [2.24, 2.45) is 5.41 Å². The van der Waals surface area contributed by atoms with Crippen LogP contribution in [0.2, 0.25) is 0 Å². The fraction of sp³-hybridized carbons (Fsp3) is 0.737. The second-order valence-corrected chi connectivity index (χ2v) is 7.38. The summed E-state index contributed by atoms with van der Waals surface area (Å²) in [5.41, 5.74) is 0.103. The Hall–Kier alpha value is -1.17. The Bertz CT molecular complexity index is 521. The number of fused-ring (bicyclic) bond motifs is 1. The normalized spacial score (nSPS) is 32.2. The quantitative estimate of drug-likeness (QED) is 0.848. The maximum absolute atomic E-state index is 6.16. The van der Waals surface area contributed by atoms with Crippen molar-refractivity contribution >= 4 is 0 Å². The number of nitrogens with zero attached hydrogens (tertiary/aromatic N) is 2. The van der Waals surface area contributed by atoms with Gasteiger partial charge in [0.2, 0.25) is 5.88 Å². The van der Waals surface area contributed by atoms with Gasteiger partial charge in [0.25, 0.3) is 0 Å². The Kier molecular flexibility index (Phi) is 5.01. The number of ether oxygens (including phenoxy) is 3. The van der Waals surface area contributed by atoms with Crippen LogP contribution in [0, 0.1) is 5.41 Å². The molecule has 2 atom stereocenters. The zero-order valence-electron chi connectivity index (χ0n) is 14.4. The standard InChI is InChI=1S/C19H28N2O3/c1-2-9-20-18(4-1)24-15-19-8-3-11-23-17(19)5-10-21(14-19)16-6-12-22-13-7-16/h1-2,4,9,16-17H,3,5-8,10-15H2/t17-,19+/m0/s1. The lowest BCUT2D eigenvalue weighted by molar-refractivity contribution is -0.149. The summed E-state index contributed by atoms with van der Waals surface area (Å²) in [6.45, 7) is 5.62. The Morgan fingerprint density at radius 2 is 2.12 bits per heavy atom. The monoisotopic (exact) mass is 332 g/mol. The Morgan fingerprint density at radius 1 is 1.21 bits per heavy atom. The predicted molar refractivity (Wildman–Crippen MR) is 91.2 cm³/mol. The van der Waals surface area contributed by atoms with Crippen LogP contribution in [0.4, 0.5) is 0 Å². The number of piperidine rings is 1. The maximum Gasteiger partial charge on any atom is 0.213 e. The van der Waals surface area contributed by atoms with Gasteiger partial charge in [-0.3, -0.25) is 4.90 Å². The molecular formula is C19H28N2O3. The van der Waals surface area contributed by atoms with Gasteiger partial charge in [-0.1, -0.05) is 6.07 Å². The molecule has 3 fully saturated rings. The van der Waals surface area contributed by atoms with Crippen molar-refractivity contribution in [2.45, 2.75) is 44.2 Å². The predicted octanol–water partition coefficient (Wildman–Crippen LogP) is 2.51. The van der Waals surface area contributed by atoms with E-state index < -0.39 is 0 Å². The molecule has 5 heteroatoms. The van der Waals surface area contributed by atoms with Gasteiger partial charge in [-0.25, -0.2) is 4.98 Å². The summed E-state index contributed by atoms with van der Waals surface area (Å²) in [4.78, 5) is 6.99. The number of likely N-dealkylation sites (tertiary alicyclic amines) is 1.